The number of nitrogens with zero attached hydrogens (tertiary/aromatic N) is 1. The van der Waals surface area contributed by atoms with Crippen LogP contribution in [-0.2, 0) is 0 Å². The molecule has 0 spiro atoms. The molecule has 0 aliphatic heterocycles. The van der Waals surface area contributed by atoms with E-state index >= 15 is 0 Å². The van der Waals surface area contributed by atoms with E-state index in [0.29, 0.717) is 23.1 Å². The Balaban J connectivity index is 3.21. The van der Waals surface area contributed by atoms with Gasteiger partial charge in [0.05, 0.1) is 17.3 Å². The van der Waals surface area contributed by atoms with Gasteiger partial charge in [0.25, 0.3) is 0 Å². The fourth-order valence-corrected chi connectivity index (χ4v) is 0.861. The molecule has 1 rings (SSSR count). The molecule has 0 bridgehead atoms. The summed E-state index contributed by atoms with van der Waals surface area (Å²) < 4.78 is 0. The zero-order valence-corrected chi connectivity index (χ0v) is 6.24. The summed E-state index contributed by atoms with van der Waals surface area (Å²) in [6.07, 6.45) is 0.649. The maximum absolute atomic E-state index is 10.4. The van der Waals surface area contributed by atoms with Crippen LogP contribution in [-0.4, -0.2) is 6.29 Å². The topological polar surface area (TPSA) is 78.9 Å². The van der Waals surface area contributed by atoms with Gasteiger partial charge in [-0.3, -0.25) is 10.6 Å². The van der Waals surface area contributed by atoms with Crippen LogP contribution in [0.15, 0.2) is 18.2 Å². The molecule has 0 atom stereocenters. The summed E-state index contributed by atoms with van der Waals surface area (Å²) in [5, 5.41) is 8.50. The average Bonchev–Trinajstić information content (AvgIpc) is 2.16. The lowest BCUT2D eigenvalue weighted by molar-refractivity contribution is 0.112. The number of carbonyl (C=O) groups excluding carboxylic acids is 1. The lowest BCUT2D eigenvalue weighted by Crippen LogP contribution is -2.08. The third kappa shape index (κ3) is 1.41. The number of hydrogen-bond donors (Lipinski definition) is 2. The van der Waals surface area contributed by atoms with Crippen LogP contribution in [0.1, 0.15) is 15.9 Å². The number of hydrazine groups is 1. The van der Waals surface area contributed by atoms with Crippen molar-refractivity contribution in [1.82, 2.24) is 0 Å². The van der Waals surface area contributed by atoms with Gasteiger partial charge in [-0.05, 0) is 18.2 Å². The van der Waals surface area contributed by atoms with E-state index in [4.69, 9.17) is 11.1 Å². The molecule has 0 unspecified atom stereocenters. The first-order valence-corrected chi connectivity index (χ1v) is 3.27. The maximum Gasteiger partial charge on any atom is 0.152 e. The monoisotopic (exact) mass is 161 g/mol. The largest absolute Gasteiger partial charge is 0.323 e. The van der Waals surface area contributed by atoms with E-state index in [1.807, 2.05) is 6.07 Å². The molecule has 12 heavy (non-hydrogen) atoms. The van der Waals surface area contributed by atoms with E-state index < -0.39 is 0 Å². The molecule has 0 aromatic heterocycles. The number of hydrogen-bond acceptors (Lipinski definition) is 4. The Kier molecular flexibility index (Phi) is 2.41. The molecular formula is C8H7N3O. The number of carbonyl (C=O) groups is 1. The second kappa shape index (κ2) is 3.51. The van der Waals surface area contributed by atoms with Crippen LogP contribution in [0.25, 0.3) is 0 Å². The molecule has 0 fully saturated rings. The van der Waals surface area contributed by atoms with Crippen molar-refractivity contribution in [2.24, 2.45) is 5.84 Å². The minimum Gasteiger partial charge on any atom is -0.323 e. The van der Waals surface area contributed by atoms with E-state index in [9.17, 15) is 4.79 Å². The van der Waals surface area contributed by atoms with Crippen LogP contribution in [0.4, 0.5) is 5.69 Å². The van der Waals surface area contributed by atoms with Crippen molar-refractivity contribution >= 4 is 12.0 Å². The van der Waals surface area contributed by atoms with Gasteiger partial charge < -0.3 is 5.43 Å². The summed E-state index contributed by atoms with van der Waals surface area (Å²) in [5.41, 5.74) is 3.70. The second-order valence-corrected chi connectivity index (χ2v) is 2.18. The van der Waals surface area contributed by atoms with Gasteiger partial charge in [-0.25, -0.2) is 0 Å². The normalized spacial score (nSPS) is 8.67. The fourth-order valence-electron chi connectivity index (χ4n) is 0.861. The van der Waals surface area contributed by atoms with Crippen molar-refractivity contribution < 1.29 is 4.79 Å². The molecule has 0 aliphatic rings. The molecule has 3 N–H and O–H groups in total. The van der Waals surface area contributed by atoms with Crippen molar-refractivity contribution in [3.05, 3.63) is 29.3 Å². The Labute approximate surface area is 69.6 Å². The average molecular weight is 161 g/mol. The first-order chi connectivity index (χ1) is 5.81. The molecule has 0 heterocycles. The molecule has 0 radical (unpaired) electrons. The van der Waals surface area contributed by atoms with Crippen molar-refractivity contribution in [2.75, 3.05) is 5.43 Å². The van der Waals surface area contributed by atoms with E-state index in [0.717, 1.165) is 0 Å². The van der Waals surface area contributed by atoms with Gasteiger partial charge in [0.15, 0.2) is 6.29 Å². The highest BCUT2D eigenvalue weighted by Crippen LogP contribution is 2.13. The molecule has 0 amide bonds. The number of nitrogens with two attached hydrogens (primary N) is 1. The van der Waals surface area contributed by atoms with Crippen LogP contribution in [0, 0.1) is 11.3 Å². The number of rotatable bonds is 2. The molecule has 4 nitrogen and oxygen atoms in total. The van der Waals surface area contributed by atoms with Crippen molar-refractivity contribution in [3.8, 4) is 6.07 Å². The van der Waals surface area contributed by atoms with Gasteiger partial charge in [0, 0.05) is 5.56 Å². The molecule has 0 saturated carbocycles. The highest BCUT2D eigenvalue weighted by molar-refractivity contribution is 5.84. The van der Waals surface area contributed by atoms with E-state index in [1.54, 1.807) is 12.1 Å². The number of nitrogens with one attached hydrogen (secondary N) is 1. The van der Waals surface area contributed by atoms with Crippen molar-refractivity contribution in [3.63, 3.8) is 0 Å². The Morgan fingerprint density at radius 3 is 2.83 bits per heavy atom. The van der Waals surface area contributed by atoms with E-state index in [1.165, 1.54) is 6.07 Å². The number of nitriles is 1. The van der Waals surface area contributed by atoms with Crippen molar-refractivity contribution in [1.29, 1.82) is 5.26 Å². The third-order valence-electron chi connectivity index (χ3n) is 1.46. The highest BCUT2D eigenvalue weighted by Gasteiger charge is 2.00. The highest BCUT2D eigenvalue weighted by atomic mass is 16.1. The molecular weight excluding hydrogens is 154 g/mol. The summed E-state index contributed by atoms with van der Waals surface area (Å²) in [6.45, 7) is 0. The summed E-state index contributed by atoms with van der Waals surface area (Å²) in [4.78, 5) is 10.4. The standard InChI is InChI=1S/C8H7N3O/c9-4-6-1-2-8(11-10)7(3-6)5-12/h1-3,5,11H,10H2. The molecule has 60 valence electrons. The van der Waals surface area contributed by atoms with Crippen LogP contribution >= 0.6 is 0 Å². The Bertz CT molecular complexity index is 341. The number of anilines is 1. The predicted octanol–water partition coefficient (Wildman–Crippen LogP) is 0.656. The Hall–Kier alpha value is -1.86. The van der Waals surface area contributed by atoms with Crippen molar-refractivity contribution in [2.45, 2.75) is 0 Å². The van der Waals surface area contributed by atoms with Crippen LogP contribution in [0.5, 0.6) is 0 Å². The minimum absolute atomic E-state index is 0.386. The summed E-state index contributed by atoms with van der Waals surface area (Å²) >= 11 is 0. The van der Waals surface area contributed by atoms with Gasteiger partial charge >= 0.3 is 0 Å². The molecule has 0 aliphatic carbocycles. The van der Waals surface area contributed by atoms with Gasteiger partial charge in [0.2, 0.25) is 0 Å². The van der Waals surface area contributed by atoms with Crippen LogP contribution in [0.3, 0.4) is 0 Å². The fraction of sp³-hybridized carbons (Fsp3) is 0. The smallest absolute Gasteiger partial charge is 0.152 e. The third-order valence-corrected chi connectivity index (χ3v) is 1.46. The predicted molar refractivity (Wildman–Crippen MR) is 44.4 cm³/mol. The summed E-state index contributed by atoms with van der Waals surface area (Å²) in [6, 6.07) is 6.57. The quantitative estimate of drug-likeness (QED) is 0.379. The second-order valence-electron chi connectivity index (χ2n) is 2.18. The van der Waals surface area contributed by atoms with Crippen LogP contribution < -0.4 is 11.3 Å². The zero-order valence-electron chi connectivity index (χ0n) is 6.24. The van der Waals surface area contributed by atoms with Gasteiger partial charge in [-0.2, -0.15) is 5.26 Å². The van der Waals surface area contributed by atoms with Gasteiger partial charge in [-0.1, -0.05) is 0 Å². The van der Waals surface area contributed by atoms with Gasteiger partial charge in [-0.15, -0.1) is 0 Å². The number of aldehydes is 1. The molecule has 0 saturated heterocycles. The Morgan fingerprint density at radius 2 is 2.33 bits per heavy atom. The molecule has 1 aromatic rings. The lowest BCUT2D eigenvalue weighted by atomic mass is 10.1. The minimum atomic E-state index is 0.386. The summed E-state index contributed by atoms with van der Waals surface area (Å²) in [5.74, 6) is 5.13. The van der Waals surface area contributed by atoms with E-state index in [2.05, 4.69) is 5.43 Å². The SMILES string of the molecule is N#Cc1ccc(NN)c(C=O)c1. The Morgan fingerprint density at radius 1 is 1.58 bits per heavy atom. The first-order valence-electron chi connectivity index (χ1n) is 3.27. The number of benzene rings is 1. The lowest BCUT2D eigenvalue weighted by Gasteiger charge is -2.02. The number of nitrogen functional groups attached to an aromatic ring is 1. The maximum atomic E-state index is 10.4. The summed E-state index contributed by atoms with van der Waals surface area (Å²) in [7, 11) is 0. The van der Waals surface area contributed by atoms with E-state index in [-0.39, 0.29) is 0 Å². The van der Waals surface area contributed by atoms with Crippen LogP contribution in [0.2, 0.25) is 0 Å². The zero-order chi connectivity index (χ0) is 8.97. The van der Waals surface area contributed by atoms with Gasteiger partial charge in [0.1, 0.15) is 0 Å². The first kappa shape index (κ1) is 8.24. The molecule has 1 aromatic carbocycles. The molecule has 4 heteroatoms.